The van der Waals surface area contributed by atoms with E-state index in [-0.39, 0.29) is 43.9 Å². The summed E-state index contributed by atoms with van der Waals surface area (Å²) in [5, 5.41) is 16.8. The normalized spacial score (nSPS) is 13.7. The second-order valence-corrected chi connectivity index (χ2v) is 8.82. The molecule has 4 unspecified atom stereocenters. The number of aliphatic carboxylic acids is 1. The number of primary amides is 1. The number of hydrogen-bond acceptors (Lipinski definition) is 8. The molecule has 4 atom stereocenters. The van der Waals surface area contributed by atoms with Gasteiger partial charge in [0.1, 0.15) is 18.1 Å². The van der Waals surface area contributed by atoms with Crippen LogP contribution in [0.4, 0.5) is 0 Å². The van der Waals surface area contributed by atoms with E-state index in [2.05, 4.69) is 33.6 Å². The first-order valence-electron chi connectivity index (χ1n) is 11.8. The van der Waals surface area contributed by atoms with Gasteiger partial charge >= 0.3 is 5.97 Å². The second-order valence-electron chi connectivity index (χ2n) is 8.45. The molecule has 0 aliphatic heterocycles. The van der Waals surface area contributed by atoms with Crippen LogP contribution in [0.2, 0.25) is 0 Å². The zero-order valence-electron chi connectivity index (χ0n) is 20.8. The van der Waals surface area contributed by atoms with Gasteiger partial charge in [-0.2, -0.15) is 12.6 Å². The summed E-state index contributed by atoms with van der Waals surface area (Å²) in [5.74, 6) is -4.38. The highest BCUT2D eigenvalue weighted by atomic mass is 32.1. The number of aliphatic imine (C=N–C) groups is 1. The van der Waals surface area contributed by atoms with Crippen molar-refractivity contribution in [3.05, 3.63) is 35.9 Å². The lowest BCUT2D eigenvalue weighted by molar-refractivity contribution is -0.142. The maximum atomic E-state index is 13.0. The van der Waals surface area contributed by atoms with Crippen LogP contribution in [0.1, 0.15) is 31.2 Å². The van der Waals surface area contributed by atoms with Gasteiger partial charge in [0.2, 0.25) is 23.6 Å². The molecule has 0 aliphatic rings. The van der Waals surface area contributed by atoms with E-state index in [1.165, 1.54) is 0 Å². The highest BCUT2D eigenvalue weighted by molar-refractivity contribution is 7.80. The predicted molar refractivity (Wildman–Crippen MR) is 144 cm³/mol. The Labute approximate surface area is 225 Å². The largest absolute Gasteiger partial charge is 0.480 e. The molecule has 12 N–H and O–H groups in total. The van der Waals surface area contributed by atoms with Gasteiger partial charge in [0.25, 0.3) is 0 Å². The summed E-state index contributed by atoms with van der Waals surface area (Å²) in [4.78, 5) is 64.9. The minimum absolute atomic E-state index is 0.0259. The first-order valence-corrected chi connectivity index (χ1v) is 12.5. The summed E-state index contributed by atoms with van der Waals surface area (Å²) in [6, 6.07) is 4.04. The Morgan fingerprint density at radius 2 is 1.45 bits per heavy atom. The van der Waals surface area contributed by atoms with Crippen LogP contribution in [-0.2, 0) is 30.4 Å². The monoisotopic (exact) mass is 552 g/mol. The average molecular weight is 553 g/mol. The Bertz CT molecular complexity index is 989. The minimum Gasteiger partial charge on any atom is -0.480 e. The van der Waals surface area contributed by atoms with Crippen LogP contribution in [0.25, 0.3) is 0 Å². The molecule has 4 amide bonds. The van der Waals surface area contributed by atoms with E-state index in [0.29, 0.717) is 12.0 Å². The fourth-order valence-corrected chi connectivity index (χ4v) is 3.53. The summed E-state index contributed by atoms with van der Waals surface area (Å²) in [6.07, 6.45) is 0.234. The third-order valence-electron chi connectivity index (χ3n) is 5.33. The number of benzene rings is 1. The predicted octanol–water partition coefficient (Wildman–Crippen LogP) is -2.66. The number of carbonyl (C=O) groups excluding carboxylic acids is 4. The second kappa shape index (κ2) is 16.8. The third-order valence-corrected chi connectivity index (χ3v) is 5.69. The molecule has 0 aliphatic carbocycles. The van der Waals surface area contributed by atoms with Crippen LogP contribution in [0.15, 0.2) is 35.3 Å². The van der Waals surface area contributed by atoms with Crippen molar-refractivity contribution in [3.8, 4) is 0 Å². The van der Waals surface area contributed by atoms with Gasteiger partial charge in [0, 0.05) is 25.1 Å². The molecule has 1 aromatic carbocycles. The van der Waals surface area contributed by atoms with Gasteiger partial charge in [-0.3, -0.25) is 24.2 Å². The molecule has 0 bridgehead atoms. The van der Waals surface area contributed by atoms with Crippen molar-refractivity contribution in [2.75, 3.05) is 12.3 Å². The molecule has 0 fully saturated rings. The van der Waals surface area contributed by atoms with E-state index in [1.807, 2.05) is 0 Å². The molecule has 38 heavy (non-hydrogen) atoms. The van der Waals surface area contributed by atoms with E-state index in [9.17, 15) is 29.1 Å². The zero-order valence-corrected chi connectivity index (χ0v) is 21.7. The Kier molecular flexibility index (Phi) is 14.2. The Balaban J connectivity index is 2.93. The van der Waals surface area contributed by atoms with Crippen LogP contribution in [0.5, 0.6) is 0 Å². The number of carboxylic acids is 1. The molecule has 0 heterocycles. The Morgan fingerprint density at radius 3 is 2.00 bits per heavy atom. The quantitative estimate of drug-likeness (QED) is 0.0422. The lowest BCUT2D eigenvalue weighted by atomic mass is 10.0. The van der Waals surface area contributed by atoms with Crippen LogP contribution in [0, 0.1) is 0 Å². The summed E-state index contributed by atoms with van der Waals surface area (Å²) in [6.45, 7) is 0.285. The van der Waals surface area contributed by atoms with E-state index >= 15 is 0 Å². The van der Waals surface area contributed by atoms with Gasteiger partial charge in [-0.25, -0.2) is 4.79 Å². The average Bonchev–Trinajstić information content (AvgIpc) is 2.86. The molecule has 0 radical (unpaired) electrons. The number of nitrogens with two attached hydrogens (primary N) is 4. The van der Waals surface area contributed by atoms with E-state index in [4.69, 9.17) is 22.9 Å². The molecule has 1 aromatic rings. The number of guanidine groups is 1. The first kappa shape index (κ1) is 32.2. The topological polar surface area (TPSA) is 258 Å². The van der Waals surface area contributed by atoms with Crippen LogP contribution < -0.4 is 38.9 Å². The van der Waals surface area contributed by atoms with Crippen LogP contribution in [0.3, 0.4) is 0 Å². The zero-order chi connectivity index (χ0) is 28.7. The van der Waals surface area contributed by atoms with Crippen molar-refractivity contribution in [2.24, 2.45) is 27.9 Å². The highest BCUT2D eigenvalue weighted by Gasteiger charge is 2.30. The van der Waals surface area contributed by atoms with Crippen molar-refractivity contribution in [1.29, 1.82) is 0 Å². The van der Waals surface area contributed by atoms with E-state index in [1.54, 1.807) is 30.3 Å². The smallest absolute Gasteiger partial charge is 0.326 e. The summed E-state index contributed by atoms with van der Waals surface area (Å²) < 4.78 is 0. The maximum absolute atomic E-state index is 13.0. The molecule has 1 rings (SSSR count). The van der Waals surface area contributed by atoms with Crippen molar-refractivity contribution < 1.29 is 29.1 Å². The minimum atomic E-state index is -1.40. The first-order chi connectivity index (χ1) is 17.9. The number of amides is 4. The number of carbonyl (C=O) groups is 5. The molecule has 15 heteroatoms. The number of thiol groups is 1. The Hall–Kier alpha value is -3.85. The number of rotatable bonds is 17. The van der Waals surface area contributed by atoms with E-state index < -0.39 is 53.8 Å². The summed E-state index contributed by atoms with van der Waals surface area (Å²) in [7, 11) is 0. The fraction of sp³-hybridized carbons (Fsp3) is 0.478. The van der Waals surface area contributed by atoms with Gasteiger partial charge < -0.3 is 44.0 Å². The van der Waals surface area contributed by atoms with Gasteiger partial charge in [0.05, 0.1) is 6.04 Å². The van der Waals surface area contributed by atoms with Crippen molar-refractivity contribution in [1.82, 2.24) is 16.0 Å². The number of hydrogen-bond donors (Lipinski definition) is 9. The molecule has 0 saturated carbocycles. The van der Waals surface area contributed by atoms with Crippen molar-refractivity contribution in [2.45, 2.75) is 56.3 Å². The summed E-state index contributed by atoms with van der Waals surface area (Å²) in [5.41, 5.74) is 22.2. The number of carboxylic acid groups (broad SMARTS) is 1. The van der Waals surface area contributed by atoms with Gasteiger partial charge in [-0.15, -0.1) is 0 Å². The molecule has 14 nitrogen and oxygen atoms in total. The highest BCUT2D eigenvalue weighted by Crippen LogP contribution is 2.07. The lowest BCUT2D eigenvalue weighted by Crippen LogP contribution is -2.58. The summed E-state index contributed by atoms with van der Waals surface area (Å²) >= 11 is 4.12. The SMILES string of the molecule is NC(=O)CCC(NC(=O)C(Cc1ccccc1)NC(=O)C(CS)NC(=O)C(N)CCCN=C(N)N)C(=O)O. The molecule has 0 aromatic heterocycles. The molecule has 0 spiro atoms. The van der Waals surface area contributed by atoms with Crippen LogP contribution in [-0.4, -0.2) is 77.1 Å². The van der Waals surface area contributed by atoms with Gasteiger partial charge in [-0.1, -0.05) is 30.3 Å². The maximum Gasteiger partial charge on any atom is 0.326 e. The van der Waals surface area contributed by atoms with Crippen LogP contribution >= 0.6 is 12.6 Å². The Morgan fingerprint density at radius 1 is 0.868 bits per heavy atom. The van der Waals surface area contributed by atoms with E-state index in [0.717, 1.165) is 0 Å². The molecule has 210 valence electrons. The standard InChI is InChI=1S/C23H36N8O6S/c24-14(7-4-10-28-23(26)27)19(33)31-17(12-38)21(35)30-16(11-13-5-2-1-3-6-13)20(34)29-15(22(36)37)8-9-18(25)32/h1-3,5-6,14-17,38H,4,7-12,24H2,(H2,25,32)(H,29,34)(H,30,35)(H,31,33)(H,36,37)(H4,26,27,28). The fourth-order valence-electron chi connectivity index (χ4n) is 3.27. The number of nitrogens with zero attached hydrogens (tertiary/aromatic N) is 1. The van der Waals surface area contributed by atoms with Crippen molar-refractivity contribution in [3.63, 3.8) is 0 Å². The lowest BCUT2D eigenvalue weighted by Gasteiger charge is -2.24. The molecular weight excluding hydrogens is 516 g/mol. The number of nitrogens with one attached hydrogen (secondary N) is 3. The van der Waals surface area contributed by atoms with Gasteiger partial charge in [0.15, 0.2) is 5.96 Å². The third kappa shape index (κ3) is 12.4. The van der Waals surface area contributed by atoms with Crippen molar-refractivity contribution >= 4 is 48.2 Å². The molecular formula is C23H36N8O6S. The molecule has 0 saturated heterocycles. The van der Waals surface area contributed by atoms with Gasteiger partial charge in [-0.05, 0) is 24.8 Å².